The van der Waals surface area contributed by atoms with Crippen molar-refractivity contribution in [1.82, 2.24) is 0 Å². The molecule has 0 aromatic rings. The van der Waals surface area contributed by atoms with E-state index in [0.717, 1.165) is 18.4 Å². The van der Waals surface area contributed by atoms with E-state index in [2.05, 4.69) is 11.8 Å². The quantitative estimate of drug-likeness (QED) is 0.224. The molecule has 0 aromatic heterocycles. The van der Waals surface area contributed by atoms with Gasteiger partial charge in [0, 0.05) is 18.3 Å². The fourth-order valence-electron chi connectivity index (χ4n) is 7.84. The number of allylic oxidation sites excluding steroid dienone is 1. The highest BCUT2D eigenvalue weighted by molar-refractivity contribution is 5.92. The maximum Gasteiger partial charge on any atom is 0.306 e. The first-order valence-electron chi connectivity index (χ1n) is 12.5. The molecule has 10 heteroatoms. The van der Waals surface area contributed by atoms with E-state index in [1.54, 1.807) is 6.08 Å². The number of fused-ring (bicyclic) bond motifs is 5. The third-order valence-electron chi connectivity index (χ3n) is 9.60. The molecule has 0 heterocycles. The van der Waals surface area contributed by atoms with E-state index in [4.69, 9.17) is 4.74 Å². The van der Waals surface area contributed by atoms with Gasteiger partial charge in [-0.3, -0.25) is 14.4 Å². The Morgan fingerprint density at radius 3 is 2.69 bits per heavy atom. The highest BCUT2D eigenvalue weighted by Gasteiger charge is 2.68. The maximum atomic E-state index is 13.2. The zero-order valence-corrected chi connectivity index (χ0v) is 20.4. The van der Waals surface area contributed by atoms with Gasteiger partial charge in [-0.15, -0.1) is 10.1 Å². The molecular weight excluding hydrogens is 458 g/mol. The minimum atomic E-state index is -1.71. The van der Waals surface area contributed by atoms with Gasteiger partial charge < -0.3 is 19.8 Å². The van der Waals surface area contributed by atoms with Crippen molar-refractivity contribution in [2.75, 3.05) is 13.2 Å². The maximum absolute atomic E-state index is 13.2. The smallest absolute Gasteiger partial charge is 0.306 e. The number of hydrogen-bond donors (Lipinski definition) is 2. The summed E-state index contributed by atoms with van der Waals surface area (Å²) in [6.07, 6.45) is 4.93. The zero-order valence-electron chi connectivity index (χ0n) is 20.4. The molecule has 0 spiro atoms. The average molecular weight is 494 g/mol. The number of hydrogen-bond acceptors (Lipinski definition) is 9. The van der Waals surface area contributed by atoms with Crippen molar-refractivity contribution in [2.24, 2.45) is 28.6 Å². The molecule has 4 rings (SSSR count). The van der Waals surface area contributed by atoms with Crippen LogP contribution in [0.3, 0.4) is 0 Å². The third-order valence-corrected chi connectivity index (χ3v) is 9.60. The Morgan fingerprint density at radius 2 is 1.97 bits per heavy atom. The fourth-order valence-corrected chi connectivity index (χ4v) is 7.84. The summed E-state index contributed by atoms with van der Waals surface area (Å²) in [5.74, 6) is -0.976. The lowest BCUT2D eigenvalue weighted by molar-refractivity contribution is -0.757. The molecule has 0 aliphatic heterocycles. The summed E-state index contributed by atoms with van der Waals surface area (Å²) in [6, 6.07) is 0. The minimum absolute atomic E-state index is 0.0228. The topological polar surface area (TPSA) is 153 Å². The number of carbonyl (C=O) groups excluding carboxylic acids is 3. The van der Waals surface area contributed by atoms with E-state index < -0.39 is 40.6 Å². The van der Waals surface area contributed by atoms with Gasteiger partial charge in [-0.2, -0.15) is 0 Å². The lowest BCUT2D eigenvalue weighted by Gasteiger charge is -2.60. The molecule has 4 aliphatic rings. The van der Waals surface area contributed by atoms with E-state index in [1.807, 2.05) is 6.92 Å². The molecule has 0 unspecified atom stereocenters. The SMILES string of the molecule is C[C@]12CCC(=O)C=C1CC[C@@H]1[C@@H]2[C@@H](O)C[C@@]2(C)[C@H]1CC[C@]2(O)C(=O)COC(=O)CCCO[N+](=O)[O-]. The normalized spacial score (nSPS) is 40.1. The van der Waals surface area contributed by atoms with Crippen molar-refractivity contribution in [3.63, 3.8) is 0 Å². The van der Waals surface area contributed by atoms with E-state index in [9.17, 15) is 34.7 Å². The van der Waals surface area contributed by atoms with Crippen molar-refractivity contribution in [3.05, 3.63) is 21.8 Å². The predicted molar refractivity (Wildman–Crippen MR) is 121 cm³/mol. The molecule has 3 fully saturated rings. The summed E-state index contributed by atoms with van der Waals surface area (Å²) in [4.78, 5) is 51.5. The Balaban J connectivity index is 1.44. The van der Waals surface area contributed by atoms with Crippen LogP contribution in [0.15, 0.2) is 11.6 Å². The van der Waals surface area contributed by atoms with Crippen LogP contribution < -0.4 is 0 Å². The van der Waals surface area contributed by atoms with Gasteiger partial charge >= 0.3 is 5.97 Å². The van der Waals surface area contributed by atoms with Crippen LogP contribution in [-0.2, 0) is 24.0 Å². The summed E-state index contributed by atoms with van der Waals surface area (Å²) < 4.78 is 5.07. The number of ether oxygens (including phenoxy) is 1. The molecule has 7 atom stereocenters. The first kappa shape index (κ1) is 25.8. The van der Waals surface area contributed by atoms with E-state index in [0.29, 0.717) is 19.3 Å². The Hall–Kier alpha value is -2.33. The van der Waals surface area contributed by atoms with Crippen LogP contribution in [0.2, 0.25) is 0 Å². The molecule has 0 amide bonds. The Labute approximate surface area is 204 Å². The van der Waals surface area contributed by atoms with Gasteiger partial charge in [0.15, 0.2) is 12.4 Å². The molecular formula is C25H35NO9. The zero-order chi connectivity index (χ0) is 25.6. The molecule has 10 nitrogen and oxygen atoms in total. The Morgan fingerprint density at radius 1 is 1.23 bits per heavy atom. The van der Waals surface area contributed by atoms with E-state index in [1.165, 1.54) is 0 Å². The second-order valence-corrected chi connectivity index (χ2v) is 11.2. The molecule has 194 valence electrons. The second kappa shape index (κ2) is 9.28. The summed E-state index contributed by atoms with van der Waals surface area (Å²) in [7, 11) is 0. The molecule has 3 saturated carbocycles. The van der Waals surface area contributed by atoms with Gasteiger partial charge in [0.1, 0.15) is 5.60 Å². The van der Waals surface area contributed by atoms with Crippen LogP contribution in [0.5, 0.6) is 0 Å². The third kappa shape index (κ3) is 4.28. The van der Waals surface area contributed by atoms with Gasteiger partial charge in [-0.05, 0) is 74.2 Å². The van der Waals surface area contributed by atoms with Crippen molar-refractivity contribution >= 4 is 17.5 Å². The van der Waals surface area contributed by atoms with Crippen molar-refractivity contribution < 1.29 is 39.3 Å². The number of ketones is 2. The summed E-state index contributed by atoms with van der Waals surface area (Å²) >= 11 is 0. The first-order chi connectivity index (χ1) is 16.4. The number of nitrogens with zero attached hydrogens (tertiary/aromatic N) is 1. The van der Waals surface area contributed by atoms with Gasteiger partial charge in [0.2, 0.25) is 5.78 Å². The average Bonchev–Trinajstić information content (AvgIpc) is 3.06. The lowest BCUT2D eigenvalue weighted by atomic mass is 9.45. The molecule has 4 aliphatic carbocycles. The van der Waals surface area contributed by atoms with Crippen LogP contribution in [0, 0.1) is 38.7 Å². The van der Waals surface area contributed by atoms with E-state index >= 15 is 0 Å². The number of esters is 1. The summed E-state index contributed by atoms with van der Waals surface area (Å²) in [5.41, 5.74) is -1.69. The van der Waals surface area contributed by atoms with Gasteiger partial charge in [0.05, 0.1) is 12.7 Å². The first-order valence-corrected chi connectivity index (χ1v) is 12.5. The van der Waals surface area contributed by atoms with Crippen LogP contribution in [-0.4, -0.2) is 57.8 Å². The van der Waals surface area contributed by atoms with Crippen LogP contribution in [0.1, 0.15) is 71.6 Å². The second-order valence-electron chi connectivity index (χ2n) is 11.2. The molecule has 0 bridgehead atoms. The largest absolute Gasteiger partial charge is 0.458 e. The summed E-state index contributed by atoms with van der Waals surface area (Å²) in [6.45, 7) is 3.20. The monoisotopic (exact) mass is 493 g/mol. The van der Waals surface area contributed by atoms with Crippen molar-refractivity contribution in [3.8, 4) is 0 Å². The van der Waals surface area contributed by atoms with Crippen molar-refractivity contribution in [2.45, 2.75) is 83.3 Å². The van der Waals surface area contributed by atoms with Crippen LogP contribution in [0.25, 0.3) is 0 Å². The summed E-state index contributed by atoms with van der Waals surface area (Å²) in [5, 5.41) is 32.3. The van der Waals surface area contributed by atoms with Gasteiger partial charge in [-0.25, -0.2) is 0 Å². The number of Topliss-reactive ketones (excluding diaryl/α,β-unsaturated/α-hetero) is 1. The number of aliphatic hydroxyl groups excluding tert-OH is 1. The predicted octanol–water partition coefficient (Wildman–Crippen LogP) is 2.32. The minimum Gasteiger partial charge on any atom is -0.458 e. The van der Waals surface area contributed by atoms with E-state index in [-0.39, 0.29) is 61.2 Å². The molecule has 2 N–H and O–H groups in total. The number of carbonyl (C=O) groups is 3. The fraction of sp³-hybridized carbons (Fsp3) is 0.800. The number of aliphatic hydroxyl groups is 2. The van der Waals surface area contributed by atoms with Crippen molar-refractivity contribution in [1.29, 1.82) is 0 Å². The Kier molecular flexibility index (Phi) is 6.83. The lowest BCUT2D eigenvalue weighted by Crippen LogP contribution is -2.62. The Bertz CT molecular complexity index is 947. The highest BCUT2D eigenvalue weighted by Crippen LogP contribution is 2.67. The molecule has 35 heavy (non-hydrogen) atoms. The standard InChI is InChI=1S/C25H35NO9/c1-23-9-7-16(27)12-15(23)5-6-17-18-8-10-25(31,24(18,2)13-19(28)22(17)23)20(29)14-34-21(30)4-3-11-35-26(32)33/h12,17-19,22,28,31H,3-11,13-14H2,1-2H3/t17-,18-,19-,22+,23-,24-,25-/m0/s1. The molecule has 0 saturated heterocycles. The molecule has 0 aromatic carbocycles. The van der Waals surface area contributed by atoms with Gasteiger partial charge in [0.25, 0.3) is 5.09 Å². The molecule has 0 radical (unpaired) electrons. The van der Waals surface area contributed by atoms with Crippen LogP contribution >= 0.6 is 0 Å². The number of rotatable bonds is 8. The van der Waals surface area contributed by atoms with Gasteiger partial charge in [-0.1, -0.05) is 19.4 Å². The highest BCUT2D eigenvalue weighted by atomic mass is 16.9. The van der Waals surface area contributed by atoms with Crippen LogP contribution in [0.4, 0.5) is 0 Å².